The van der Waals surface area contributed by atoms with E-state index in [-0.39, 0.29) is 5.76 Å². The number of carbonyl (C=O) groups is 1. The molecule has 0 bridgehead atoms. The first-order valence-corrected chi connectivity index (χ1v) is 6.78. The van der Waals surface area contributed by atoms with E-state index < -0.39 is 5.97 Å². The van der Waals surface area contributed by atoms with Gasteiger partial charge in [0.15, 0.2) is 0 Å². The first kappa shape index (κ1) is 14.1. The highest BCUT2D eigenvalue weighted by molar-refractivity contribution is 5.86. The maximum atomic E-state index is 10.9. The molecule has 1 saturated heterocycles. The van der Waals surface area contributed by atoms with E-state index in [1.807, 2.05) is 0 Å². The smallest absolute Gasteiger partial charge is 0.372 e. The number of likely N-dealkylation sites (tertiary alicyclic amines) is 1. The molecule has 1 aromatic rings. The molecule has 1 aliphatic rings. The second kappa shape index (κ2) is 6.21. The third kappa shape index (κ3) is 3.81. The monoisotopic (exact) mass is 266 g/mol. The summed E-state index contributed by atoms with van der Waals surface area (Å²) < 4.78 is 5.31. The lowest BCUT2D eigenvalue weighted by Crippen LogP contribution is -2.34. The molecule has 0 radical (unpaired) electrons. The van der Waals surface area contributed by atoms with Crippen molar-refractivity contribution in [3.05, 3.63) is 23.2 Å². The van der Waals surface area contributed by atoms with E-state index in [1.54, 1.807) is 13.0 Å². The maximum absolute atomic E-state index is 10.9. The molecule has 2 heterocycles. The lowest BCUT2D eigenvalue weighted by Gasteiger charge is -2.28. The van der Waals surface area contributed by atoms with Gasteiger partial charge in [0.2, 0.25) is 5.76 Å². The number of rotatable bonds is 5. The number of aryl methyl sites for hydroxylation is 1. The second-order valence-electron chi connectivity index (χ2n) is 5.41. The topological polar surface area (TPSA) is 65.7 Å². The Morgan fingerprint density at radius 3 is 2.79 bits per heavy atom. The number of hydrogen-bond acceptors (Lipinski definition) is 4. The van der Waals surface area contributed by atoms with Crippen molar-refractivity contribution < 1.29 is 14.3 Å². The second-order valence-corrected chi connectivity index (χ2v) is 5.41. The van der Waals surface area contributed by atoms with E-state index in [4.69, 9.17) is 9.52 Å². The Kier molecular flexibility index (Phi) is 4.61. The SMILES string of the molecule is Cc1cc(CNCC2CCN(C)CC2)oc1C(=O)O. The molecule has 0 amide bonds. The minimum atomic E-state index is -1.00. The molecule has 0 atom stereocenters. The zero-order valence-electron chi connectivity index (χ0n) is 11.6. The van der Waals surface area contributed by atoms with Gasteiger partial charge in [0.1, 0.15) is 5.76 Å². The Hall–Kier alpha value is -1.33. The summed E-state index contributed by atoms with van der Waals surface area (Å²) in [6.45, 7) is 5.65. The first-order valence-electron chi connectivity index (χ1n) is 6.78. The lowest BCUT2D eigenvalue weighted by atomic mass is 9.97. The molecule has 0 aliphatic carbocycles. The van der Waals surface area contributed by atoms with Crippen molar-refractivity contribution in [2.45, 2.75) is 26.3 Å². The molecule has 106 valence electrons. The third-order valence-corrected chi connectivity index (χ3v) is 3.73. The van der Waals surface area contributed by atoms with E-state index in [1.165, 1.54) is 12.8 Å². The van der Waals surface area contributed by atoms with Gasteiger partial charge in [-0.1, -0.05) is 0 Å². The molecule has 19 heavy (non-hydrogen) atoms. The fourth-order valence-corrected chi connectivity index (χ4v) is 2.51. The van der Waals surface area contributed by atoms with Gasteiger partial charge in [0.05, 0.1) is 6.54 Å². The van der Waals surface area contributed by atoms with Crippen LogP contribution in [0.4, 0.5) is 0 Å². The Morgan fingerprint density at radius 2 is 2.21 bits per heavy atom. The molecule has 0 aromatic carbocycles. The van der Waals surface area contributed by atoms with Crippen LogP contribution in [0.1, 0.15) is 34.7 Å². The standard InChI is InChI=1S/C14H22N2O3/c1-10-7-12(19-13(10)14(17)18)9-15-8-11-3-5-16(2)6-4-11/h7,11,15H,3-6,8-9H2,1-2H3,(H,17,18). The Labute approximate surface area is 113 Å². The van der Waals surface area contributed by atoms with Gasteiger partial charge in [-0.05, 0) is 58.4 Å². The molecule has 5 nitrogen and oxygen atoms in total. The van der Waals surface area contributed by atoms with Gasteiger partial charge in [-0.2, -0.15) is 0 Å². The van der Waals surface area contributed by atoms with Gasteiger partial charge in [-0.15, -0.1) is 0 Å². The largest absolute Gasteiger partial charge is 0.475 e. The Morgan fingerprint density at radius 1 is 1.53 bits per heavy atom. The normalized spacial score (nSPS) is 17.8. The number of aromatic carboxylic acids is 1. The fraction of sp³-hybridized carbons (Fsp3) is 0.643. The minimum absolute atomic E-state index is 0.0519. The van der Waals surface area contributed by atoms with Gasteiger partial charge in [0.25, 0.3) is 0 Å². The van der Waals surface area contributed by atoms with Crippen molar-refractivity contribution >= 4 is 5.97 Å². The summed E-state index contributed by atoms with van der Waals surface area (Å²) in [5, 5.41) is 12.3. The van der Waals surface area contributed by atoms with Gasteiger partial charge in [-0.3, -0.25) is 0 Å². The lowest BCUT2D eigenvalue weighted by molar-refractivity contribution is 0.0659. The summed E-state index contributed by atoms with van der Waals surface area (Å²) in [4.78, 5) is 13.2. The van der Waals surface area contributed by atoms with E-state index in [0.29, 0.717) is 23.8 Å². The highest BCUT2D eigenvalue weighted by Gasteiger charge is 2.17. The number of piperidine rings is 1. The van der Waals surface area contributed by atoms with Gasteiger partial charge >= 0.3 is 5.97 Å². The minimum Gasteiger partial charge on any atom is -0.475 e. The molecular formula is C14H22N2O3. The van der Waals surface area contributed by atoms with Crippen molar-refractivity contribution in [1.29, 1.82) is 0 Å². The fourth-order valence-electron chi connectivity index (χ4n) is 2.51. The number of furan rings is 1. The highest BCUT2D eigenvalue weighted by atomic mass is 16.4. The quantitative estimate of drug-likeness (QED) is 0.849. The van der Waals surface area contributed by atoms with Crippen LogP contribution >= 0.6 is 0 Å². The van der Waals surface area contributed by atoms with Crippen LogP contribution in [0.2, 0.25) is 0 Å². The molecule has 1 aliphatic heterocycles. The van der Waals surface area contributed by atoms with E-state index in [0.717, 1.165) is 19.6 Å². The summed E-state index contributed by atoms with van der Waals surface area (Å²) >= 11 is 0. The van der Waals surface area contributed by atoms with E-state index in [9.17, 15) is 4.79 Å². The van der Waals surface area contributed by atoms with Gasteiger partial charge in [-0.25, -0.2) is 4.79 Å². The molecule has 2 N–H and O–H groups in total. The predicted molar refractivity (Wildman–Crippen MR) is 72.3 cm³/mol. The van der Waals surface area contributed by atoms with Crippen LogP contribution in [-0.4, -0.2) is 42.7 Å². The van der Waals surface area contributed by atoms with Crippen molar-refractivity contribution in [3.8, 4) is 0 Å². The van der Waals surface area contributed by atoms with Crippen LogP contribution in [0.25, 0.3) is 0 Å². The molecule has 5 heteroatoms. The van der Waals surface area contributed by atoms with Crippen LogP contribution in [0.15, 0.2) is 10.5 Å². The Bertz CT molecular complexity index is 434. The van der Waals surface area contributed by atoms with Crippen LogP contribution in [0, 0.1) is 12.8 Å². The number of nitrogens with one attached hydrogen (secondary N) is 1. The molecular weight excluding hydrogens is 244 g/mol. The van der Waals surface area contributed by atoms with Gasteiger partial charge in [0, 0.05) is 5.56 Å². The first-order chi connectivity index (χ1) is 9.06. The molecule has 1 aromatic heterocycles. The number of carboxylic acid groups (broad SMARTS) is 1. The molecule has 0 unspecified atom stereocenters. The number of hydrogen-bond donors (Lipinski definition) is 2. The van der Waals surface area contributed by atoms with Crippen molar-refractivity contribution in [2.75, 3.05) is 26.7 Å². The highest BCUT2D eigenvalue weighted by Crippen LogP contribution is 2.16. The summed E-state index contributed by atoms with van der Waals surface area (Å²) in [6.07, 6.45) is 2.45. The average Bonchev–Trinajstić information content (AvgIpc) is 2.73. The summed E-state index contributed by atoms with van der Waals surface area (Å²) in [7, 11) is 2.16. The summed E-state index contributed by atoms with van der Waals surface area (Å²) in [5.41, 5.74) is 0.684. The number of carboxylic acids is 1. The summed E-state index contributed by atoms with van der Waals surface area (Å²) in [6, 6.07) is 1.80. The van der Waals surface area contributed by atoms with Gasteiger partial charge < -0.3 is 19.7 Å². The predicted octanol–water partition coefficient (Wildman–Crippen LogP) is 1.72. The zero-order chi connectivity index (χ0) is 13.8. The van der Waals surface area contributed by atoms with E-state index >= 15 is 0 Å². The van der Waals surface area contributed by atoms with Crippen molar-refractivity contribution in [1.82, 2.24) is 10.2 Å². The number of nitrogens with zero attached hydrogens (tertiary/aromatic N) is 1. The van der Waals surface area contributed by atoms with Crippen LogP contribution in [-0.2, 0) is 6.54 Å². The Balaban J connectivity index is 1.76. The van der Waals surface area contributed by atoms with Crippen molar-refractivity contribution in [3.63, 3.8) is 0 Å². The molecule has 0 spiro atoms. The maximum Gasteiger partial charge on any atom is 0.372 e. The molecule has 1 fully saturated rings. The molecule has 0 saturated carbocycles. The molecule has 2 rings (SSSR count). The van der Waals surface area contributed by atoms with E-state index in [2.05, 4.69) is 17.3 Å². The van der Waals surface area contributed by atoms with Crippen LogP contribution in [0.3, 0.4) is 0 Å². The summed E-state index contributed by atoms with van der Waals surface area (Å²) in [5.74, 6) is 0.462. The zero-order valence-corrected chi connectivity index (χ0v) is 11.6. The average molecular weight is 266 g/mol. The van der Waals surface area contributed by atoms with Crippen LogP contribution in [0.5, 0.6) is 0 Å². The van der Waals surface area contributed by atoms with Crippen LogP contribution < -0.4 is 5.32 Å². The van der Waals surface area contributed by atoms with Crippen molar-refractivity contribution in [2.24, 2.45) is 5.92 Å². The third-order valence-electron chi connectivity index (χ3n) is 3.73.